The average molecular weight is 417 g/mol. The molecular formula is C27H44O3. The van der Waals surface area contributed by atoms with Gasteiger partial charge in [0.25, 0.3) is 0 Å². The van der Waals surface area contributed by atoms with E-state index in [4.69, 9.17) is 0 Å². The minimum Gasteiger partial charge on any atom is -0.393 e. The molecule has 1 unspecified atom stereocenters. The summed E-state index contributed by atoms with van der Waals surface area (Å²) in [6, 6.07) is 0. The van der Waals surface area contributed by atoms with Crippen LogP contribution in [0.2, 0.25) is 0 Å². The molecule has 0 amide bonds. The minimum atomic E-state index is -0.595. The van der Waals surface area contributed by atoms with Gasteiger partial charge in [-0.15, -0.1) is 0 Å². The van der Waals surface area contributed by atoms with Crippen LogP contribution in [0.5, 0.6) is 0 Å². The van der Waals surface area contributed by atoms with Crippen molar-refractivity contribution in [2.75, 3.05) is 0 Å². The fraction of sp³-hybridized carbons (Fsp3) is 0.889. The van der Waals surface area contributed by atoms with Gasteiger partial charge in [-0.2, -0.15) is 0 Å². The van der Waals surface area contributed by atoms with E-state index in [0.29, 0.717) is 29.5 Å². The molecule has 0 radical (unpaired) electrons. The lowest BCUT2D eigenvalue weighted by atomic mass is 9.48. The Morgan fingerprint density at radius 2 is 1.90 bits per heavy atom. The third-order valence-electron chi connectivity index (χ3n) is 9.97. The van der Waals surface area contributed by atoms with Crippen molar-refractivity contribution in [3.63, 3.8) is 0 Å². The lowest BCUT2D eigenvalue weighted by Crippen LogP contribution is -2.48. The van der Waals surface area contributed by atoms with Crippen LogP contribution in [0.15, 0.2) is 11.1 Å². The lowest BCUT2D eigenvalue weighted by Gasteiger charge is -2.56. The Kier molecular flexibility index (Phi) is 5.80. The summed E-state index contributed by atoms with van der Waals surface area (Å²) in [5.41, 5.74) is 2.49. The molecule has 4 rings (SSSR count). The quantitative estimate of drug-likeness (QED) is 0.593. The second kappa shape index (κ2) is 7.73. The van der Waals surface area contributed by atoms with Gasteiger partial charge in [0, 0.05) is 12.0 Å². The summed E-state index contributed by atoms with van der Waals surface area (Å²) in [6.45, 7) is 11.0. The van der Waals surface area contributed by atoms with Crippen molar-refractivity contribution in [3.05, 3.63) is 11.1 Å². The van der Waals surface area contributed by atoms with E-state index in [1.54, 1.807) is 0 Å². The number of Topliss-reactive ketones (excluding diaryl/α,β-unsaturated/α-hetero) is 1. The number of rotatable bonds is 5. The number of ketones is 1. The molecule has 170 valence electrons. The number of fused-ring (bicyclic) bond motifs is 4. The summed E-state index contributed by atoms with van der Waals surface area (Å²) in [5, 5.41) is 20.3. The molecule has 2 N–H and O–H groups in total. The van der Waals surface area contributed by atoms with Gasteiger partial charge in [0.2, 0.25) is 0 Å². The van der Waals surface area contributed by atoms with Gasteiger partial charge in [0.1, 0.15) is 0 Å². The predicted octanol–water partition coefficient (Wildman–Crippen LogP) is 5.83. The number of hydrogen-bond acceptors (Lipinski definition) is 3. The van der Waals surface area contributed by atoms with Crippen molar-refractivity contribution in [1.29, 1.82) is 0 Å². The summed E-state index contributed by atoms with van der Waals surface area (Å²) in [4.78, 5) is 13.4. The SMILES string of the molecule is C[C@H](CCCC(C)(C)O)[C@H]1CC(=O)C2=C3CC[C@H]4CC(O)CC[C@]4(C)[C@H]3CC[C@@]21C. The van der Waals surface area contributed by atoms with Gasteiger partial charge < -0.3 is 10.2 Å². The molecule has 0 heterocycles. The number of hydrogen-bond donors (Lipinski definition) is 2. The van der Waals surface area contributed by atoms with Gasteiger partial charge in [-0.3, -0.25) is 4.79 Å². The zero-order valence-electron chi connectivity index (χ0n) is 20.0. The average Bonchev–Trinajstić information content (AvgIpc) is 2.92. The topological polar surface area (TPSA) is 57.5 Å². The Labute approximate surface area is 183 Å². The molecule has 0 aromatic carbocycles. The second-order valence-electron chi connectivity index (χ2n) is 12.5. The van der Waals surface area contributed by atoms with Crippen LogP contribution in [0.1, 0.15) is 105 Å². The molecule has 4 aliphatic carbocycles. The van der Waals surface area contributed by atoms with E-state index >= 15 is 0 Å². The Morgan fingerprint density at radius 3 is 2.60 bits per heavy atom. The molecule has 0 aliphatic heterocycles. The van der Waals surface area contributed by atoms with E-state index in [-0.39, 0.29) is 16.9 Å². The Hall–Kier alpha value is -0.670. The van der Waals surface area contributed by atoms with Crippen LogP contribution in [0.3, 0.4) is 0 Å². The smallest absolute Gasteiger partial charge is 0.159 e. The molecule has 0 aromatic heterocycles. The van der Waals surface area contributed by atoms with E-state index in [1.807, 2.05) is 13.8 Å². The van der Waals surface area contributed by atoms with E-state index < -0.39 is 5.60 Å². The van der Waals surface area contributed by atoms with Crippen LogP contribution in [-0.2, 0) is 4.79 Å². The third kappa shape index (κ3) is 3.72. The molecule has 3 heteroatoms. The lowest BCUT2D eigenvalue weighted by molar-refractivity contribution is -0.115. The van der Waals surface area contributed by atoms with Crippen molar-refractivity contribution in [2.24, 2.45) is 34.5 Å². The molecule has 3 nitrogen and oxygen atoms in total. The highest BCUT2D eigenvalue weighted by atomic mass is 16.3. The molecule has 0 saturated heterocycles. The molecule has 0 spiro atoms. The highest BCUT2D eigenvalue weighted by Crippen LogP contribution is 2.65. The summed E-state index contributed by atoms with van der Waals surface area (Å²) < 4.78 is 0. The fourth-order valence-electron chi connectivity index (χ4n) is 8.23. The molecule has 30 heavy (non-hydrogen) atoms. The first-order valence-electron chi connectivity index (χ1n) is 12.6. The first kappa shape index (κ1) is 22.5. The number of carbonyl (C=O) groups is 1. The zero-order valence-corrected chi connectivity index (χ0v) is 20.0. The largest absolute Gasteiger partial charge is 0.393 e. The molecular weight excluding hydrogens is 372 g/mol. The van der Waals surface area contributed by atoms with Crippen LogP contribution < -0.4 is 0 Å². The zero-order chi connectivity index (χ0) is 21.9. The van der Waals surface area contributed by atoms with Gasteiger partial charge in [0.05, 0.1) is 11.7 Å². The highest BCUT2D eigenvalue weighted by Gasteiger charge is 2.58. The Balaban J connectivity index is 1.57. The molecule has 0 bridgehead atoms. The van der Waals surface area contributed by atoms with Gasteiger partial charge in [0.15, 0.2) is 5.78 Å². The third-order valence-corrected chi connectivity index (χ3v) is 9.97. The Morgan fingerprint density at radius 1 is 1.17 bits per heavy atom. The van der Waals surface area contributed by atoms with Crippen molar-refractivity contribution in [2.45, 2.75) is 117 Å². The van der Waals surface area contributed by atoms with Crippen LogP contribution in [0.4, 0.5) is 0 Å². The van der Waals surface area contributed by atoms with Gasteiger partial charge in [-0.25, -0.2) is 0 Å². The number of aliphatic hydroxyl groups excluding tert-OH is 1. The van der Waals surface area contributed by atoms with Crippen molar-refractivity contribution in [1.82, 2.24) is 0 Å². The monoisotopic (exact) mass is 416 g/mol. The predicted molar refractivity (Wildman–Crippen MR) is 121 cm³/mol. The summed E-state index contributed by atoms with van der Waals surface area (Å²) in [5.74, 6) is 2.59. The highest BCUT2D eigenvalue weighted by molar-refractivity contribution is 6.00. The normalized spacial score (nSPS) is 42.6. The van der Waals surface area contributed by atoms with E-state index in [2.05, 4.69) is 20.8 Å². The van der Waals surface area contributed by atoms with Crippen LogP contribution in [-0.4, -0.2) is 27.7 Å². The van der Waals surface area contributed by atoms with Crippen LogP contribution in [0.25, 0.3) is 0 Å². The first-order valence-corrected chi connectivity index (χ1v) is 12.6. The minimum absolute atomic E-state index is 0.0500. The molecule has 3 fully saturated rings. The van der Waals surface area contributed by atoms with E-state index in [1.165, 1.54) is 17.6 Å². The first-order chi connectivity index (χ1) is 14.0. The van der Waals surface area contributed by atoms with Gasteiger partial charge in [-0.05, 0) is 99.7 Å². The molecule has 3 saturated carbocycles. The van der Waals surface area contributed by atoms with Crippen molar-refractivity contribution >= 4 is 5.78 Å². The maximum atomic E-state index is 13.4. The standard InChI is InChI=1S/C27H44O3/c1-17(7-6-12-25(2,3)30)22-16-23(29)24-20-9-8-18-15-19(28)10-13-26(18,4)21(20)11-14-27(22,24)5/h17-19,21-22,28,30H,6-16H2,1-5H3/t17-,18+,19?,21+,22-,26+,27-/m1/s1. The summed E-state index contributed by atoms with van der Waals surface area (Å²) in [7, 11) is 0. The number of allylic oxidation sites excluding steroid dienone is 2. The summed E-state index contributed by atoms with van der Waals surface area (Å²) >= 11 is 0. The van der Waals surface area contributed by atoms with Crippen molar-refractivity contribution in [3.8, 4) is 0 Å². The van der Waals surface area contributed by atoms with E-state index in [9.17, 15) is 15.0 Å². The van der Waals surface area contributed by atoms with E-state index in [0.717, 1.165) is 64.2 Å². The van der Waals surface area contributed by atoms with Gasteiger partial charge >= 0.3 is 0 Å². The fourth-order valence-corrected chi connectivity index (χ4v) is 8.23. The second-order valence-corrected chi connectivity index (χ2v) is 12.5. The number of aliphatic hydroxyl groups is 2. The van der Waals surface area contributed by atoms with Crippen LogP contribution in [0, 0.1) is 34.5 Å². The number of carbonyl (C=O) groups excluding carboxylic acids is 1. The summed E-state index contributed by atoms with van der Waals surface area (Å²) in [6.07, 6.45) is 11.2. The molecule has 0 aromatic rings. The maximum absolute atomic E-state index is 13.4. The van der Waals surface area contributed by atoms with Crippen LogP contribution >= 0.6 is 0 Å². The van der Waals surface area contributed by atoms with Crippen molar-refractivity contribution < 1.29 is 15.0 Å². The molecule has 4 aliphatic rings. The molecule has 7 atom stereocenters. The Bertz CT molecular complexity index is 716. The maximum Gasteiger partial charge on any atom is 0.159 e. The van der Waals surface area contributed by atoms with Gasteiger partial charge in [-0.1, -0.05) is 39.2 Å².